The maximum absolute atomic E-state index is 13.5. The second kappa shape index (κ2) is 14.2. The van der Waals surface area contributed by atoms with Crippen molar-refractivity contribution >= 4 is 17.4 Å². The van der Waals surface area contributed by atoms with E-state index in [0.717, 1.165) is 25.9 Å². The fourth-order valence-electron chi connectivity index (χ4n) is 4.91. The smallest absolute Gasteiger partial charge is 0.295 e. The number of rotatable bonds is 13. The third-order valence-electron chi connectivity index (χ3n) is 6.95. The molecule has 1 unspecified atom stereocenters. The number of ether oxygens (including phenoxy) is 4. The Morgan fingerprint density at radius 3 is 2.27 bits per heavy atom. The van der Waals surface area contributed by atoms with Gasteiger partial charge in [-0.15, -0.1) is 0 Å². The highest BCUT2D eigenvalue weighted by Gasteiger charge is 2.46. The second-order valence-electron chi connectivity index (χ2n) is 9.81. The fourth-order valence-corrected chi connectivity index (χ4v) is 4.91. The number of aliphatic hydroxyl groups excluding tert-OH is 1. The van der Waals surface area contributed by atoms with E-state index < -0.39 is 17.7 Å². The monoisotopic (exact) mass is 552 g/mol. The molecule has 9 heteroatoms. The number of ketones is 1. The van der Waals surface area contributed by atoms with Crippen LogP contribution in [0.4, 0.5) is 0 Å². The van der Waals surface area contributed by atoms with Crippen LogP contribution in [-0.4, -0.2) is 85.8 Å². The van der Waals surface area contributed by atoms with Gasteiger partial charge >= 0.3 is 0 Å². The van der Waals surface area contributed by atoms with Gasteiger partial charge in [0.1, 0.15) is 11.5 Å². The molecule has 0 aromatic heterocycles. The number of likely N-dealkylation sites (tertiary alicyclic amines) is 1. The van der Waals surface area contributed by atoms with Crippen molar-refractivity contribution in [2.45, 2.75) is 39.7 Å². The average Bonchev–Trinajstić information content (AvgIpc) is 3.24. The molecule has 9 nitrogen and oxygen atoms in total. The van der Waals surface area contributed by atoms with Gasteiger partial charge in [-0.3, -0.25) is 14.5 Å². The lowest BCUT2D eigenvalue weighted by Gasteiger charge is -2.31. The predicted octanol–water partition coefficient (Wildman–Crippen LogP) is 4.42. The zero-order chi connectivity index (χ0) is 28.5. The van der Waals surface area contributed by atoms with Crippen molar-refractivity contribution in [3.63, 3.8) is 0 Å². The van der Waals surface area contributed by atoms with Crippen LogP contribution in [-0.2, 0) is 14.3 Å². The van der Waals surface area contributed by atoms with Gasteiger partial charge in [0.2, 0.25) is 0 Å². The molecule has 1 N–H and O–H groups in total. The van der Waals surface area contributed by atoms with Crippen LogP contribution in [0.25, 0.3) is 5.76 Å². The molecule has 4 rings (SSSR count). The number of aliphatic hydroxyl groups is 1. The lowest BCUT2D eigenvalue weighted by molar-refractivity contribution is -0.140. The van der Waals surface area contributed by atoms with Crippen molar-refractivity contribution in [1.29, 1.82) is 0 Å². The number of morpholine rings is 1. The Hall–Kier alpha value is -3.56. The summed E-state index contributed by atoms with van der Waals surface area (Å²) in [5.41, 5.74) is 1.16. The first kappa shape index (κ1) is 29.4. The van der Waals surface area contributed by atoms with Crippen molar-refractivity contribution in [1.82, 2.24) is 9.80 Å². The van der Waals surface area contributed by atoms with Crippen LogP contribution in [0, 0.1) is 0 Å². The number of Topliss-reactive ketones (excluding diaryl/α,β-unsaturated/α-hetero) is 1. The van der Waals surface area contributed by atoms with Gasteiger partial charge in [-0.1, -0.05) is 19.9 Å². The summed E-state index contributed by atoms with van der Waals surface area (Å²) in [4.78, 5) is 30.6. The van der Waals surface area contributed by atoms with E-state index in [1.807, 2.05) is 32.9 Å². The van der Waals surface area contributed by atoms with E-state index in [4.69, 9.17) is 18.9 Å². The van der Waals surface area contributed by atoms with E-state index in [1.165, 1.54) is 0 Å². The number of carbonyl (C=O) groups is 2. The van der Waals surface area contributed by atoms with Crippen LogP contribution in [0.1, 0.15) is 50.8 Å². The number of carbonyl (C=O) groups excluding carboxylic acids is 2. The third kappa shape index (κ3) is 6.77. The summed E-state index contributed by atoms with van der Waals surface area (Å²) in [5.74, 6) is 0.241. The van der Waals surface area contributed by atoms with E-state index in [9.17, 15) is 14.7 Å². The molecular formula is C31H40N2O7. The largest absolute Gasteiger partial charge is 0.507 e. The zero-order valence-corrected chi connectivity index (χ0v) is 23.7. The Bertz CT molecular complexity index is 1190. The minimum Gasteiger partial charge on any atom is -0.507 e. The molecular weight excluding hydrogens is 512 g/mol. The highest BCUT2D eigenvalue weighted by molar-refractivity contribution is 6.46. The Morgan fingerprint density at radius 1 is 0.900 bits per heavy atom. The number of amides is 1. The molecule has 2 aliphatic rings. The van der Waals surface area contributed by atoms with Gasteiger partial charge in [0.15, 0.2) is 11.5 Å². The van der Waals surface area contributed by atoms with E-state index >= 15 is 0 Å². The fraction of sp³-hybridized carbons (Fsp3) is 0.484. The molecule has 0 saturated carbocycles. The minimum atomic E-state index is -0.781. The first-order chi connectivity index (χ1) is 19.5. The van der Waals surface area contributed by atoms with Gasteiger partial charge in [0.25, 0.3) is 11.7 Å². The van der Waals surface area contributed by atoms with Crippen LogP contribution < -0.4 is 14.2 Å². The molecule has 2 aromatic carbocycles. The number of hydrogen-bond donors (Lipinski definition) is 1. The van der Waals surface area contributed by atoms with Gasteiger partial charge in [0.05, 0.1) is 44.6 Å². The molecule has 2 aliphatic heterocycles. The van der Waals surface area contributed by atoms with Crippen molar-refractivity contribution < 1.29 is 33.6 Å². The van der Waals surface area contributed by atoms with Gasteiger partial charge in [0, 0.05) is 31.7 Å². The average molecular weight is 553 g/mol. The number of hydrogen-bond acceptors (Lipinski definition) is 8. The Morgan fingerprint density at radius 2 is 1.60 bits per heavy atom. The molecule has 1 amide bonds. The summed E-state index contributed by atoms with van der Waals surface area (Å²) in [6.45, 7) is 11.2. The lowest BCUT2D eigenvalue weighted by atomic mass is 9.95. The van der Waals surface area contributed by atoms with Crippen molar-refractivity contribution in [2.75, 3.05) is 59.2 Å². The molecule has 0 bridgehead atoms. The summed E-state index contributed by atoms with van der Waals surface area (Å²) in [6, 6.07) is 11.6. The van der Waals surface area contributed by atoms with Crippen molar-refractivity contribution in [2.24, 2.45) is 0 Å². The number of benzene rings is 2. The third-order valence-corrected chi connectivity index (χ3v) is 6.95. The summed E-state index contributed by atoms with van der Waals surface area (Å²) in [5, 5.41) is 11.4. The minimum absolute atomic E-state index is 0.0545. The molecule has 2 saturated heterocycles. The second-order valence-corrected chi connectivity index (χ2v) is 9.81. The first-order valence-electron chi connectivity index (χ1n) is 14.2. The van der Waals surface area contributed by atoms with Crippen LogP contribution in [0.5, 0.6) is 17.2 Å². The van der Waals surface area contributed by atoms with Gasteiger partial charge in [-0.05, 0) is 61.7 Å². The molecule has 2 heterocycles. The summed E-state index contributed by atoms with van der Waals surface area (Å²) >= 11 is 0. The summed E-state index contributed by atoms with van der Waals surface area (Å²) < 4.78 is 22.9. The maximum Gasteiger partial charge on any atom is 0.295 e. The topological polar surface area (TPSA) is 97.8 Å². The van der Waals surface area contributed by atoms with Crippen LogP contribution in [0.2, 0.25) is 0 Å². The van der Waals surface area contributed by atoms with E-state index in [1.54, 1.807) is 35.2 Å². The Balaban J connectivity index is 1.74. The standard InChI is InChI=1S/C31H40N2O7/c1-4-17-39-24-10-7-22(8-11-24)29(34)27-28(23-9-12-25(40-18-5-2)26(21-23)38-6-3)33(31(36)30(27)35)14-13-32-15-19-37-20-16-32/h7-12,21,28,34H,4-6,13-20H2,1-3H3/b29-27+. The molecule has 216 valence electrons. The molecule has 2 aromatic rings. The maximum atomic E-state index is 13.5. The van der Waals surface area contributed by atoms with Gasteiger partial charge in [-0.25, -0.2) is 0 Å². The van der Waals surface area contributed by atoms with E-state index in [2.05, 4.69) is 4.90 Å². The molecule has 0 radical (unpaired) electrons. The van der Waals surface area contributed by atoms with Gasteiger partial charge < -0.3 is 29.0 Å². The highest BCUT2D eigenvalue weighted by atomic mass is 16.5. The summed E-state index contributed by atoms with van der Waals surface area (Å²) in [7, 11) is 0. The quantitative estimate of drug-likeness (QED) is 0.222. The Labute approximate surface area is 236 Å². The first-order valence-corrected chi connectivity index (χ1v) is 14.2. The van der Waals surface area contributed by atoms with E-state index in [-0.39, 0.29) is 11.3 Å². The molecule has 40 heavy (non-hydrogen) atoms. The molecule has 2 fully saturated rings. The zero-order valence-electron chi connectivity index (χ0n) is 23.7. The van der Waals surface area contributed by atoms with Gasteiger partial charge in [-0.2, -0.15) is 0 Å². The lowest BCUT2D eigenvalue weighted by Crippen LogP contribution is -2.42. The molecule has 0 aliphatic carbocycles. The summed E-state index contributed by atoms with van der Waals surface area (Å²) in [6.07, 6.45) is 1.72. The molecule has 1 atom stereocenters. The highest BCUT2D eigenvalue weighted by Crippen LogP contribution is 2.42. The van der Waals surface area contributed by atoms with Crippen molar-refractivity contribution in [3.8, 4) is 17.2 Å². The normalized spacial score (nSPS) is 19.2. The van der Waals surface area contributed by atoms with Crippen LogP contribution in [0.15, 0.2) is 48.0 Å². The Kier molecular flexibility index (Phi) is 10.4. The molecule has 0 spiro atoms. The van der Waals surface area contributed by atoms with Crippen LogP contribution in [0.3, 0.4) is 0 Å². The SMILES string of the molecule is CCCOc1ccc(/C(O)=C2\C(=O)C(=O)N(CCN3CCOCC3)C2c2ccc(OCCC)c(OCC)c2)cc1. The number of nitrogens with zero attached hydrogens (tertiary/aromatic N) is 2. The van der Waals surface area contributed by atoms with Crippen molar-refractivity contribution in [3.05, 3.63) is 59.2 Å². The van der Waals surface area contributed by atoms with Crippen LogP contribution >= 0.6 is 0 Å². The predicted molar refractivity (Wildman–Crippen MR) is 152 cm³/mol. The van der Waals surface area contributed by atoms with E-state index in [0.29, 0.717) is 74.5 Å².